The quantitative estimate of drug-likeness (QED) is 0.432. The number of rotatable bonds is 2. The van der Waals surface area contributed by atoms with Gasteiger partial charge in [0.2, 0.25) is 0 Å². The van der Waals surface area contributed by atoms with Crippen LogP contribution in [0.15, 0.2) is 0 Å². The van der Waals surface area contributed by atoms with Gasteiger partial charge in [0.15, 0.2) is 17.4 Å². The van der Waals surface area contributed by atoms with Crippen molar-refractivity contribution in [3.63, 3.8) is 0 Å². The Labute approximate surface area is 92.6 Å². The van der Waals surface area contributed by atoms with Gasteiger partial charge in [0.1, 0.15) is 6.04 Å². The Bertz CT molecular complexity index is 86.1. The Morgan fingerprint density at radius 2 is 1.90 bits per heavy atom. The third-order valence-electron chi connectivity index (χ3n) is 0.514. The van der Waals surface area contributed by atoms with Crippen LogP contribution in [0.3, 0.4) is 0 Å². The molecule has 1 atom stereocenters. The number of nitrogens with two attached hydrogens (primary N) is 1. The molecule has 0 spiro atoms. The predicted molar refractivity (Wildman–Crippen MR) is 41.2 cm³/mol. The number of carbonyl (C=O) groups is 1. The number of hydrogen-bond donors (Lipinski definition) is 3. The zero-order chi connectivity index (χ0) is 5.86. The topological polar surface area (TPSA) is 83.5 Å². The molecule has 0 unspecified atom stereocenters. The summed E-state index contributed by atoms with van der Waals surface area (Å²) in [5.74, 6) is -1.18. The van der Waals surface area contributed by atoms with Crippen molar-refractivity contribution in [2.75, 3.05) is 6.61 Å². The smallest absolute Gasteiger partial charge is 0 e. The molecule has 10 heavy (non-hydrogen) atoms. The Balaban J connectivity index is -0.0000000600. The molecule has 0 aromatic heterocycles. The van der Waals surface area contributed by atoms with Crippen molar-refractivity contribution in [3.05, 3.63) is 0 Å². The maximum absolute atomic E-state index is 9.65. The Morgan fingerprint density at radius 3 is 1.90 bits per heavy atom. The number of hydrogen-bond acceptors (Lipinski definition) is 3. The minimum atomic E-state index is -1.18. The van der Waals surface area contributed by atoms with E-state index >= 15 is 0 Å². The Morgan fingerprint density at radius 1 is 1.60 bits per heavy atom. The fourth-order valence-corrected chi connectivity index (χ4v) is 0.0781. The van der Waals surface area contributed by atoms with Gasteiger partial charge in [-0.3, -0.25) is 4.79 Å². The molecule has 0 radical (unpaired) electrons. The van der Waals surface area contributed by atoms with E-state index in [4.69, 9.17) is 15.9 Å². The number of aliphatic carboxylic acids is 1. The molecule has 4 nitrogen and oxygen atoms in total. The van der Waals surface area contributed by atoms with Crippen LogP contribution in [0.25, 0.3) is 0 Å². The van der Waals surface area contributed by atoms with Gasteiger partial charge >= 0.3 is 16.1 Å². The van der Waals surface area contributed by atoms with E-state index in [1.54, 1.807) is 0 Å². The molecule has 0 saturated heterocycles. The van der Waals surface area contributed by atoms with E-state index in [9.17, 15) is 4.79 Å². The predicted octanol–water partition coefficient (Wildman–Crippen LogP) is -3.71. The third kappa shape index (κ3) is 11.7. The zero-order valence-corrected chi connectivity index (χ0v) is 6.62. The molecule has 7 heteroatoms. The van der Waals surface area contributed by atoms with Gasteiger partial charge in [-0.25, -0.2) is 0 Å². The number of aliphatic hydroxyl groups excluding tert-OH is 1. The first-order valence-corrected chi connectivity index (χ1v) is 1.77. The average Bonchev–Trinajstić information content (AvgIpc) is 1.65. The minimum absolute atomic E-state index is 0. The molecule has 0 amide bonds. The van der Waals surface area contributed by atoms with Crippen LogP contribution in [-0.4, -0.2) is 56.3 Å². The molecule has 0 saturated carbocycles. The second-order valence-electron chi connectivity index (χ2n) is 1.13. The normalized spacial score (nSPS) is 9.40. The molecular weight excluding hydrogens is 225 g/mol. The fraction of sp³-hybridized carbons (Fsp3) is 0.667. The first kappa shape index (κ1) is 22.4. The Kier molecular flexibility index (Phi) is 28.4. The van der Waals surface area contributed by atoms with Crippen LogP contribution in [0.1, 0.15) is 0 Å². The van der Waals surface area contributed by atoms with Gasteiger partial charge in [0, 0.05) is 26.2 Å². The summed E-state index contributed by atoms with van der Waals surface area (Å²) in [6, 6.07) is -1.13. The molecule has 0 rings (SSSR count). The van der Waals surface area contributed by atoms with E-state index in [1.165, 1.54) is 0 Å². The number of carboxylic acids is 1. The van der Waals surface area contributed by atoms with E-state index < -0.39 is 18.6 Å². The second-order valence-corrected chi connectivity index (χ2v) is 1.13. The van der Waals surface area contributed by atoms with E-state index in [1.807, 2.05) is 0 Å². The van der Waals surface area contributed by atoms with Gasteiger partial charge in [-0.05, 0) is 0 Å². The van der Waals surface area contributed by atoms with E-state index in [-0.39, 0.29) is 53.7 Å². The van der Waals surface area contributed by atoms with Crippen molar-refractivity contribution in [3.8, 4) is 0 Å². The van der Waals surface area contributed by atoms with Crippen LogP contribution in [0.4, 0.5) is 0 Å². The van der Waals surface area contributed by atoms with Crippen LogP contribution in [0.5, 0.6) is 0 Å². The van der Waals surface area contributed by atoms with Crippen LogP contribution in [0.2, 0.25) is 0 Å². The summed E-state index contributed by atoms with van der Waals surface area (Å²) in [4.78, 5) is 9.65. The minimum Gasteiger partial charge on any atom is 0 e. The van der Waals surface area contributed by atoms with Crippen molar-refractivity contribution in [2.24, 2.45) is 5.73 Å². The fourth-order valence-electron chi connectivity index (χ4n) is 0.0781. The molecule has 0 aromatic rings. The monoisotopic (exact) mass is 236 g/mol. The average molecular weight is 237 g/mol. The molecule has 0 bridgehead atoms. The first-order valence-electron chi connectivity index (χ1n) is 1.77. The number of carboxylic acid groups (broad SMARTS) is 1. The Hall–Kier alpha value is 0.974. The van der Waals surface area contributed by atoms with Crippen molar-refractivity contribution < 1.29 is 41.2 Å². The summed E-state index contributed by atoms with van der Waals surface area (Å²) in [6.07, 6.45) is 0. The van der Waals surface area contributed by atoms with Crippen LogP contribution < -0.4 is 5.73 Å². The molecule has 56 valence electrons. The van der Waals surface area contributed by atoms with Gasteiger partial charge in [-0.15, -0.1) is 0 Å². The first-order chi connectivity index (χ1) is 3.18. The van der Waals surface area contributed by atoms with Gasteiger partial charge in [0.05, 0.1) is 6.61 Å². The standard InChI is InChI=1S/C3H7NO3.Al.Be.Zr.5H/c4-2(1-5)3(6)7;;;;;;;;/h2,5H,1,4H2,(H,6,7);;;;;;;;/t2-;;;;;;;;/m0......../s1. The molecule has 0 aliphatic heterocycles. The summed E-state index contributed by atoms with van der Waals surface area (Å²) >= 11 is 0. The summed E-state index contributed by atoms with van der Waals surface area (Å²) in [5.41, 5.74) is 4.77. The second kappa shape index (κ2) is 12.6. The maximum atomic E-state index is 9.65. The van der Waals surface area contributed by atoms with Crippen LogP contribution in [-0.2, 0) is 31.0 Å². The van der Waals surface area contributed by atoms with Crippen LogP contribution in [0, 0.1) is 0 Å². The van der Waals surface area contributed by atoms with Gasteiger partial charge < -0.3 is 15.9 Å². The number of aliphatic hydroxyl groups is 1. The molecule has 4 N–H and O–H groups in total. The molecular formula is C3H12AlBeNO3Zr. The van der Waals surface area contributed by atoms with Crippen LogP contribution >= 0.6 is 0 Å². The zero-order valence-electron chi connectivity index (χ0n) is 4.16. The van der Waals surface area contributed by atoms with E-state index in [0.29, 0.717) is 0 Å². The van der Waals surface area contributed by atoms with Gasteiger partial charge in [-0.2, -0.15) is 0 Å². The van der Waals surface area contributed by atoms with E-state index in [2.05, 4.69) is 0 Å². The van der Waals surface area contributed by atoms with Crippen molar-refractivity contribution in [2.45, 2.75) is 6.04 Å². The summed E-state index contributed by atoms with van der Waals surface area (Å²) in [6.45, 7) is -0.505. The van der Waals surface area contributed by atoms with E-state index in [0.717, 1.165) is 0 Å². The molecule has 0 aliphatic rings. The molecule has 0 fully saturated rings. The van der Waals surface area contributed by atoms with Gasteiger partial charge in [0.25, 0.3) is 0 Å². The van der Waals surface area contributed by atoms with Gasteiger partial charge in [-0.1, -0.05) is 0 Å². The maximum Gasteiger partial charge on any atom is 0 e. The van der Waals surface area contributed by atoms with Crippen molar-refractivity contribution in [1.29, 1.82) is 0 Å². The molecule has 0 aromatic carbocycles. The SMILES string of the molecule is N[C@@H](CO)C(=O)O.[AlH3].[BeH2].[Zr]. The molecule has 0 aliphatic carbocycles. The largest absolute Gasteiger partial charge is 0 e. The summed E-state index contributed by atoms with van der Waals surface area (Å²) in [5, 5.41) is 15.9. The van der Waals surface area contributed by atoms with Crippen molar-refractivity contribution >= 4 is 33.5 Å². The summed E-state index contributed by atoms with van der Waals surface area (Å²) in [7, 11) is 0. The van der Waals surface area contributed by atoms with Crippen molar-refractivity contribution in [1.82, 2.24) is 0 Å². The summed E-state index contributed by atoms with van der Waals surface area (Å²) < 4.78 is 0. The third-order valence-corrected chi connectivity index (χ3v) is 0.514. The molecule has 0 heterocycles.